The molecule has 1 saturated carbocycles. The number of aromatic nitrogens is 2. The van der Waals surface area contributed by atoms with Crippen LogP contribution in [0.5, 0.6) is 0 Å². The second-order valence-corrected chi connectivity index (χ2v) is 5.32. The number of allylic oxidation sites excluding steroid dienone is 2. The summed E-state index contributed by atoms with van der Waals surface area (Å²) in [7, 11) is 0. The van der Waals surface area contributed by atoms with Gasteiger partial charge in [0.15, 0.2) is 5.79 Å². The largest absolute Gasteiger partial charge is 0.348 e. The predicted octanol–water partition coefficient (Wildman–Crippen LogP) is 2.11. The highest BCUT2D eigenvalue weighted by Crippen LogP contribution is 2.46. The molecule has 104 valence electrons. The van der Waals surface area contributed by atoms with Crippen molar-refractivity contribution in [3.8, 4) is 6.07 Å². The van der Waals surface area contributed by atoms with Gasteiger partial charge >= 0.3 is 0 Å². The van der Waals surface area contributed by atoms with Crippen molar-refractivity contribution in [3.05, 3.63) is 36.4 Å². The van der Waals surface area contributed by atoms with Crippen molar-refractivity contribution >= 4 is 0 Å². The Balaban J connectivity index is 1.86. The lowest BCUT2D eigenvalue weighted by Crippen LogP contribution is -2.41. The zero-order valence-electron chi connectivity index (χ0n) is 11.3. The average Bonchev–Trinajstić information content (AvgIpc) is 2.97. The van der Waals surface area contributed by atoms with Crippen molar-refractivity contribution in [3.63, 3.8) is 0 Å². The van der Waals surface area contributed by atoms with E-state index in [0.717, 1.165) is 31.4 Å². The summed E-state index contributed by atoms with van der Waals surface area (Å²) < 4.78 is 11.5. The zero-order chi connectivity index (χ0) is 13.9. The van der Waals surface area contributed by atoms with Crippen molar-refractivity contribution < 1.29 is 9.47 Å². The first-order valence-electron chi connectivity index (χ1n) is 6.90. The van der Waals surface area contributed by atoms with E-state index in [1.54, 1.807) is 24.7 Å². The minimum absolute atomic E-state index is 0.232. The number of nitriles is 1. The first kappa shape index (κ1) is 13.2. The van der Waals surface area contributed by atoms with Gasteiger partial charge in [-0.25, -0.2) is 0 Å². The molecule has 1 aliphatic heterocycles. The maximum atomic E-state index is 8.84. The van der Waals surface area contributed by atoms with Gasteiger partial charge in [0.1, 0.15) is 0 Å². The lowest BCUT2D eigenvalue weighted by molar-refractivity contribution is -0.182. The molecule has 2 fully saturated rings. The molecule has 0 bridgehead atoms. The van der Waals surface area contributed by atoms with Gasteiger partial charge in [-0.1, -0.05) is 6.08 Å². The van der Waals surface area contributed by atoms with Crippen LogP contribution in [0.2, 0.25) is 0 Å². The number of rotatable bonds is 2. The Hall–Kier alpha value is -1.77. The molecule has 0 radical (unpaired) electrons. The Labute approximate surface area is 118 Å². The predicted molar refractivity (Wildman–Crippen MR) is 71.6 cm³/mol. The lowest BCUT2D eigenvalue weighted by Gasteiger charge is -2.41. The molecule has 3 rings (SSSR count). The van der Waals surface area contributed by atoms with Crippen LogP contribution in [-0.2, 0) is 14.9 Å². The molecule has 2 aliphatic rings. The molecule has 2 heterocycles. The van der Waals surface area contributed by atoms with Crippen LogP contribution < -0.4 is 0 Å². The molecule has 0 unspecified atom stereocenters. The number of ether oxygens (including phenoxy) is 2. The summed E-state index contributed by atoms with van der Waals surface area (Å²) in [5.41, 5.74) is 0.684. The van der Waals surface area contributed by atoms with Gasteiger partial charge in [0.05, 0.1) is 25.0 Å². The van der Waals surface area contributed by atoms with Gasteiger partial charge in [-0.15, -0.1) is 0 Å². The van der Waals surface area contributed by atoms with E-state index in [1.807, 2.05) is 6.08 Å². The van der Waals surface area contributed by atoms with E-state index in [0.29, 0.717) is 13.2 Å². The molecular weight excluding hydrogens is 254 g/mol. The number of hydrogen-bond acceptors (Lipinski definition) is 5. The molecule has 1 spiro atoms. The van der Waals surface area contributed by atoms with Crippen LogP contribution in [0.15, 0.2) is 30.7 Å². The molecule has 1 saturated heterocycles. The van der Waals surface area contributed by atoms with Gasteiger partial charge in [0, 0.05) is 42.9 Å². The van der Waals surface area contributed by atoms with E-state index >= 15 is 0 Å². The maximum absolute atomic E-state index is 8.84. The molecule has 5 heteroatoms. The molecule has 1 aromatic rings. The summed E-state index contributed by atoms with van der Waals surface area (Å²) in [6.45, 7) is 1.35. The summed E-state index contributed by atoms with van der Waals surface area (Å²) in [4.78, 5) is 8.60. The second-order valence-electron chi connectivity index (χ2n) is 5.32. The fourth-order valence-electron chi connectivity index (χ4n) is 3.12. The van der Waals surface area contributed by atoms with Crippen LogP contribution >= 0.6 is 0 Å². The topological polar surface area (TPSA) is 68.0 Å². The third-order valence-electron chi connectivity index (χ3n) is 4.27. The zero-order valence-corrected chi connectivity index (χ0v) is 11.3. The standard InChI is InChI=1S/C15H17N3O2/c16-7-1-2-14(13-12-17-8-9-18-13)3-5-15(6-4-14)19-10-11-20-15/h1-2,8-9,12H,3-6,10-11H2/b2-1+. The summed E-state index contributed by atoms with van der Waals surface area (Å²) in [5, 5.41) is 8.84. The normalized spacial score (nSPS) is 23.9. The van der Waals surface area contributed by atoms with Gasteiger partial charge in [0.25, 0.3) is 0 Å². The van der Waals surface area contributed by atoms with E-state index in [1.165, 1.54) is 0 Å². The molecule has 0 aromatic carbocycles. The van der Waals surface area contributed by atoms with Crippen LogP contribution in [0.3, 0.4) is 0 Å². The fraction of sp³-hybridized carbons (Fsp3) is 0.533. The third-order valence-corrected chi connectivity index (χ3v) is 4.27. The Bertz CT molecular complexity index is 520. The van der Waals surface area contributed by atoms with E-state index in [2.05, 4.69) is 16.0 Å². The highest BCUT2D eigenvalue weighted by molar-refractivity contribution is 5.26. The number of nitrogens with zero attached hydrogens (tertiary/aromatic N) is 3. The molecule has 0 N–H and O–H groups in total. The smallest absolute Gasteiger partial charge is 0.168 e. The highest BCUT2D eigenvalue weighted by Gasteiger charge is 2.46. The average molecular weight is 271 g/mol. The van der Waals surface area contributed by atoms with Crippen molar-refractivity contribution in [2.45, 2.75) is 36.9 Å². The Morgan fingerprint density at radius 1 is 1.15 bits per heavy atom. The monoisotopic (exact) mass is 271 g/mol. The summed E-state index contributed by atoms with van der Waals surface area (Å²) in [6.07, 6.45) is 12.0. The van der Waals surface area contributed by atoms with Crippen molar-refractivity contribution in [2.24, 2.45) is 0 Å². The van der Waals surface area contributed by atoms with Crippen LogP contribution in [0, 0.1) is 11.3 Å². The number of hydrogen-bond donors (Lipinski definition) is 0. The quantitative estimate of drug-likeness (QED) is 0.771. The minimum atomic E-state index is -0.411. The molecular formula is C15H17N3O2. The van der Waals surface area contributed by atoms with Crippen molar-refractivity contribution in [1.29, 1.82) is 5.26 Å². The van der Waals surface area contributed by atoms with Gasteiger partial charge in [-0.3, -0.25) is 9.97 Å². The summed E-state index contributed by atoms with van der Waals surface area (Å²) >= 11 is 0. The van der Waals surface area contributed by atoms with E-state index in [9.17, 15) is 0 Å². The van der Waals surface area contributed by atoms with Gasteiger partial charge in [0.2, 0.25) is 0 Å². The van der Waals surface area contributed by atoms with Crippen LogP contribution in [0.4, 0.5) is 0 Å². The first-order chi connectivity index (χ1) is 9.79. The first-order valence-corrected chi connectivity index (χ1v) is 6.90. The lowest BCUT2D eigenvalue weighted by atomic mass is 9.69. The minimum Gasteiger partial charge on any atom is -0.348 e. The molecule has 5 nitrogen and oxygen atoms in total. The SMILES string of the molecule is N#C/C=C/C1(c2cnccn2)CCC2(CC1)OCCO2. The van der Waals surface area contributed by atoms with E-state index < -0.39 is 5.79 Å². The Kier molecular flexibility index (Phi) is 3.51. The summed E-state index contributed by atoms with van der Waals surface area (Å²) in [6, 6.07) is 2.08. The molecule has 20 heavy (non-hydrogen) atoms. The molecule has 1 aromatic heterocycles. The fourth-order valence-corrected chi connectivity index (χ4v) is 3.12. The van der Waals surface area contributed by atoms with Gasteiger partial charge < -0.3 is 9.47 Å². The van der Waals surface area contributed by atoms with Crippen molar-refractivity contribution in [2.75, 3.05) is 13.2 Å². The summed E-state index contributed by atoms with van der Waals surface area (Å²) in [5.74, 6) is -0.411. The van der Waals surface area contributed by atoms with Gasteiger partial charge in [-0.2, -0.15) is 5.26 Å². The second kappa shape index (κ2) is 5.31. The Morgan fingerprint density at radius 3 is 2.50 bits per heavy atom. The Morgan fingerprint density at radius 2 is 1.90 bits per heavy atom. The van der Waals surface area contributed by atoms with E-state index in [4.69, 9.17) is 14.7 Å². The van der Waals surface area contributed by atoms with Crippen LogP contribution in [0.1, 0.15) is 31.4 Å². The molecule has 0 amide bonds. The highest BCUT2D eigenvalue weighted by atomic mass is 16.7. The third kappa shape index (κ3) is 2.33. The molecule has 0 atom stereocenters. The molecule has 1 aliphatic carbocycles. The van der Waals surface area contributed by atoms with Crippen LogP contribution in [0.25, 0.3) is 0 Å². The maximum Gasteiger partial charge on any atom is 0.168 e. The van der Waals surface area contributed by atoms with Crippen molar-refractivity contribution in [1.82, 2.24) is 9.97 Å². The van der Waals surface area contributed by atoms with E-state index in [-0.39, 0.29) is 5.41 Å². The van der Waals surface area contributed by atoms with Gasteiger partial charge in [-0.05, 0) is 12.8 Å². The van der Waals surface area contributed by atoms with Crippen LogP contribution in [-0.4, -0.2) is 29.0 Å².